The Hall–Kier alpha value is -1.90. The number of carbonyl (C=O) groups excluding carboxylic acids is 2. The van der Waals surface area contributed by atoms with Gasteiger partial charge in [-0.25, -0.2) is 0 Å². The van der Waals surface area contributed by atoms with E-state index in [1.54, 1.807) is 6.92 Å². The molecule has 0 radical (unpaired) electrons. The van der Waals surface area contributed by atoms with Gasteiger partial charge in [0.25, 0.3) is 0 Å². The van der Waals surface area contributed by atoms with Crippen molar-refractivity contribution in [3.8, 4) is 0 Å². The molecule has 0 unspecified atom stereocenters. The molecule has 0 aromatic carbocycles. The van der Waals surface area contributed by atoms with Crippen LogP contribution in [0.4, 0.5) is 0 Å². The summed E-state index contributed by atoms with van der Waals surface area (Å²) in [6, 6.07) is 0. The molecule has 0 fully saturated rings. The van der Waals surface area contributed by atoms with E-state index in [1.165, 1.54) is 22.3 Å². The summed E-state index contributed by atoms with van der Waals surface area (Å²) in [6.07, 6.45) is 17.8. The monoisotopic (exact) mass is 429 g/mol. The molecule has 0 spiro atoms. The fraction of sp³-hybridized carbons (Fsp3) is 0.643. The second kappa shape index (κ2) is 17.7. The van der Waals surface area contributed by atoms with E-state index in [1.807, 2.05) is 18.7 Å². The van der Waals surface area contributed by atoms with E-state index in [0.29, 0.717) is 12.8 Å². The van der Waals surface area contributed by atoms with Gasteiger partial charge in [0.05, 0.1) is 0 Å². The molecular formula is C28H47NO2. The number of rotatable bonds is 16. The maximum absolute atomic E-state index is 11.9. The Balaban J connectivity index is 4.21. The van der Waals surface area contributed by atoms with Crippen LogP contribution in [-0.4, -0.2) is 29.7 Å². The molecule has 0 saturated carbocycles. The molecule has 0 heterocycles. The topological polar surface area (TPSA) is 37.4 Å². The molecule has 0 aliphatic carbocycles. The van der Waals surface area contributed by atoms with Gasteiger partial charge in [-0.15, -0.1) is 0 Å². The molecular weight excluding hydrogens is 382 g/mol. The van der Waals surface area contributed by atoms with Crippen LogP contribution in [0, 0.1) is 0 Å². The lowest BCUT2D eigenvalue weighted by Gasteiger charge is -2.20. The minimum absolute atomic E-state index is 0.230. The summed E-state index contributed by atoms with van der Waals surface area (Å²) < 4.78 is 0. The van der Waals surface area contributed by atoms with Crippen molar-refractivity contribution >= 4 is 11.7 Å². The number of ketones is 1. The molecule has 0 atom stereocenters. The molecule has 0 N–H and O–H groups in total. The quantitative estimate of drug-likeness (QED) is 0.235. The van der Waals surface area contributed by atoms with Crippen LogP contribution in [0.2, 0.25) is 0 Å². The van der Waals surface area contributed by atoms with Crippen molar-refractivity contribution in [3.05, 3.63) is 46.6 Å². The third kappa shape index (κ3) is 16.5. The van der Waals surface area contributed by atoms with Gasteiger partial charge in [0.2, 0.25) is 5.91 Å². The van der Waals surface area contributed by atoms with E-state index in [-0.39, 0.29) is 11.7 Å². The molecule has 1 amide bonds. The van der Waals surface area contributed by atoms with Crippen LogP contribution >= 0.6 is 0 Å². The maximum atomic E-state index is 11.9. The van der Waals surface area contributed by atoms with E-state index in [4.69, 9.17) is 0 Å². The van der Waals surface area contributed by atoms with Crippen molar-refractivity contribution in [2.75, 3.05) is 13.1 Å². The average Bonchev–Trinajstić information content (AvgIpc) is 2.71. The molecule has 0 bridgehead atoms. The molecule has 0 aromatic heterocycles. The van der Waals surface area contributed by atoms with Crippen LogP contribution in [0.15, 0.2) is 46.6 Å². The summed E-state index contributed by atoms with van der Waals surface area (Å²) in [5.41, 5.74) is 5.56. The Morgan fingerprint density at radius 2 is 1.00 bits per heavy atom. The Morgan fingerprint density at radius 1 is 0.613 bits per heavy atom. The van der Waals surface area contributed by atoms with Gasteiger partial charge < -0.3 is 9.69 Å². The molecule has 0 aliphatic rings. The third-order valence-corrected chi connectivity index (χ3v) is 5.56. The summed E-state index contributed by atoms with van der Waals surface area (Å²) in [5, 5.41) is 0. The van der Waals surface area contributed by atoms with Gasteiger partial charge in [0.1, 0.15) is 5.78 Å². The van der Waals surface area contributed by atoms with Crippen LogP contribution in [-0.2, 0) is 9.59 Å². The second-order valence-electron chi connectivity index (χ2n) is 8.82. The van der Waals surface area contributed by atoms with Crippen molar-refractivity contribution in [2.24, 2.45) is 0 Å². The third-order valence-electron chi connectivity index (χ3n) is 5.56. The lowest BCUT2D eigenvalue weighted by Crippen LogP contribution is -2.31. The number of likely N-dealkylation sites (N-methyl/N-ethyl adjacent to an activating group) is 1. The van der Waals surface area contributed by atoms with Gasteiger partial charge >= 0.3 is 0 Å². The van der Waals surface area contributed by atoms with Gasteiger partial charge in [-0.05, 0) is 86.5 Å². The van der Waals surface area contributed by atoms with Crippen LogP contribution < -0.4 is 0 Å². The summed E-state index contributed by atoms with van der Waals surface area (Å²) in [6.45, 7) is 15.9. The highest BCUT2D eigenvalue weighted by molar-refractivity contribution is 5.76. The fourth-order valence-electron chi connectivity index (χ4n) is 3.43. The molecule has 0 rings (SSSR count). The second-order valence-corrected chi connectivity index (χ2v) is 8.82. The molecule has 176 valence electrons. The number of amides is 1. The van der Waals surface area contributed by atoms with Crippen molar-refractivity contribution in [1.29, 1.82) is 0 Å². The first-order chi connectivity index (χ1) is 14.7. The Labute approximate surface area is 192 Å². The molecule has 3 nitrogen and oxygen atoms in total. The number of nitrogens with zero attached hydrogens (tertiary/aromatic N) is 1. The highest BCUT2D eigenvalue weighted by atomic mass is 16.2. The zero-order valence-electron chi connectivity index (χ0n) is 21.4. The van der Waals surface area contributed by atoms with Crippen molar-refractivity contribution in [3.63, 3.8) is 0 Å². The van der Waals surface area contributed by atoms with Gasteiger partial charge in [0.15, 0.2) is 0 Å². The zero-order chi connectivity index (χ0) is 23.6. The summed E-state index contributed by atoms with van der Waals surface area (Å²) in [7, 11) is 0. The predicted octanol–water partition coefficient (Wildman–Crippen LogP) is 7.74. The minimum atomic E-state index is 0.230. The van der Waals surface area contributed by atoms with E-state index >= 15 is 0 Å². The minimum Gasteiger partial charge on any atom is -0.339 e. The van der Waals surface area contributed by atoms with Gasteiger partial charge in [-0.3, -0.25) is 4.79 Å². The number of hydrogen-bond acceptors (Lipinski definition) is 2. The van der Waals surface area contributed by atoms with Crippen molar-refractivity contribution in [2.45, 2.75) is 106 Å². The zero-order valence-corrected chi connectivity index (χ0v) is 21.4. The van der Waals surface area contributed by atoms with Crippen LogP contribution in [0.5, 0.6) is 0 Å². The Bertz CT molecular complexity index is 664. The van der Waals surface area contributed by atoms with E-state index in [2.05, 4.69) is 52.0 Å². The smallest absolute Gasteiger partial charge is 0.222 e. The average molecular weight is 430 g/mol. The van der Waals surface area contributed by atoms with Crippen LogP contribution in [0.1, 0.15) is 106 Å². The maximum Gasteiger partial charge on any atom is 0.222 e. The summed E-state index contributed by atoms with van der Waals surface area (Å²) >= 11 is 0. The molecule has 0 aliphatic heterocycles. The first kappa shape index (κ1) is 29.1. The number of allylic oxidation sites excluding steroid dienone is 7. The molecule has 3 heteroatoms. The highest BCUT2D eigenvalue weighted by Gasteiger charge is 2.08. The molecule has 31 heavy (non-hydrogen) atoms. The predicted molar refractivity (Wildman–Crippen MR) is 135 cm³/mol. The summed E-state index contributed by atoms with van der Waals surface area (Å²) in [5.74, 6) is 0.495. The van der Waals surface area contributed by atoms with E-state index in [0.717, 1.165) is 58.0 Å². The standard InChI is InChI=1S/C28H47NO2/c1-8-28(31)29(9-2)22-26(6)20-12-18-24(4)16-10-14-23(3)15-11-17-25(5)19-13-21-27(7)30/h15-16,19-20H,8-14,17-18,21-22H2,1-7H3. The molecule has 0 aromatic rings. The lowest BCUT2D eigenvalue weighted by molar-refractivity contribution is -0.130. The largest absolute Gasteiger partial charge is 0.339 e. The summed E-state index contributed by atoms with van der Waals surface area (Å²) in [4.78, 5) is 24.8. The van der Waals surface area contributed by atoms with E-state index in [9.17, 15) is 9.59 Å². The SMILES string of the molecule is CCC(=O)N(CC)CC(C)=CCCC(C)=CCCC(C)=CCCC(C)=CCCC(C)=O. The normalized spacial score (nSPS) is 13.5. The van der Waals surface area contributed by atoms with Crippen LogP contribution in [0.3, 0.4) is 0 Å². The fourth-order valence-corrected chi connectivity index (χ4v) is 3.43. The van der Waals surface area contributed by atoms with Gasteiger partial charge in [-0.1, -0.05) is 53.5 Å². The molecule has 0 saturated heterocycles. The van der Waals surface area contributed by atoms with Gasteiger partial charge in [-0.2, -0.15) is 0 Å². The van der Waals surface area contributed by atoms with Gasteiger partial charge in [0, 0.05) is 25.9 Å². The first-order valence-corrected chi connectivity index (χ1v) is 12.1. The number of Topliss-reactive ketones (excluding diaryl/α,β-unsaturated/α-hetero) is 1. The lowest BCUT2D eigenvalue weighted by atomic mass is 10.0. The Kier molecular flexibility index (Phi) is 16.7. The van der Waals surface area contributed by atoms with E-state index < -0.39 is 0 Å². The number of hydrogen-bond donors (Lipinski definition) is 0. The van der Waals surface area contributed by atoms with Crippen molar-refractivity contribution in [1.82, 2.24) is 4.90 Å². The highest BCUT2D eigenvalue weighted by Crippen LogP contribution is 2.14. The van der Waals surface area contributed by atoms with Crippen LogP contribution in [0.25, 0.3) is 0 Å². The van der Waals surface area contributed by atoms with Crippen molar-refractivity contribution < 1.29 is 9.59 Å². The number of carbonyl (C=O) groups is 2. The Morgan fingerprint density at radius 3 is 1.35 bits per heavy atom. The first-order valence-electron chi connectivity index (χ1n) is 12.1.